The average Bonchev–Trinajstić information content (AvgIpc) is 2.45. The smallest absolute Gasteiger partial charge is 0.320 e. The van der Waals surface area contributed by atoms with Crippen molar-refractivity contribution in [2.75, 3.05) is 45.9 Å². The van der Waals surface area contributed by atoms with Crippen LogP contribution in [0.2, 0.25) is 0 Å². The Morgan fingerprint density at radius 2 is 1.81 bits per heavy atom. The van der Waals surface area contributed by atoms with Crippen molar-refractivity contribution in [3.8, 4) is 0 Å². The van der Waals surface area contributed by atoms with E-state index >= 15 is 0 Å². The van der Waals surface area contributed by atoms with Crippen molar-refractivity contribution in [2.24, 2.45) is 5.92 Å². The van der Waals surface area contributed by atoms with Gasteiger partial charge >= 0.3 is 12.0 Å². The lowest BCUT2D eigenvalue weighted by Gasteiger charge is -2.36. The standard InChI is InChI=1S/C14H27N3O4/c1-11(2)10-21-9-4-15-14(20)17-7-5-16(6-8-17)12(3)13(18)19/h11-12H,4-10H2,1-3H3,(H,15,20)(H,18,19). The zero-order valence-corrected chi connectivity index (χ0v) is 13.2. The van der Waals surface area contributed by atoms with Gasteiger partial charge in [-0.3, -0.25) is 9.69 Å². The maximum atomic E-state index is 11.9. The summed E-state index contributed by atoms with van der Waals surface area (Å²) in [4.78, 5) is 26.4. The fourth-order valence-electron chi connectivity index (χ4n) is 2.13. The molecule has 0 radical (unpaired) electrons. The number of hydrogen-bond acceptors (Lipinski definition) is 4. The molecule has 2 N–H and O–H groups in total. The van der Waals surface area contributed by atoms with Gasteiger partial charge in [0, 0.05) is 39.3 Å². The highest BCUT2D eigenvalue weighted by Crippen LogP contribution is 2.06. The highest BCUT2D eigenvalue weighted by molar-refractivity contribution is 5.74. The third-order valence-electron chi connectivity index (χ3n) is 3.48. The fourth-order valence-corrected chi connectivity index (χ4v) is 2.13. The van der Waals surface area contributed by atoms with Gasteiger partial charge in [-0.2, -0.15) is 0 Å². The van der Waals surface area contributed by atoms with Crippen LogP contribution in [-0.2, 0) is 9.53 Å². The monoisotopic (exact) mass is 301 g/mol. The van der Waals surface area contributed by atoms with Gasteiger partial charge in [0.25, 0.3) is 0 Å². The van der Waals surface area contributed by atoms with Crippen LogP contribution in [0.4, 0.5) is 4.79 Å². The van der Waals surface area contributed by atoms with Crippen LogP contribution in [0.3, 0.4) is 0 Å². The Morgan fingerprint density at radius 1 is 1.19 bits per heavy atom. The number of ether oxygens (including phenoxy) is 1. The van der Waals surface area contributed by atoms with E-state index in [2.05, 4.69) is 19.2 Å². The van der Waals surface area contributed by atoms with Crippen molar-refractivity contribution >= 4 is 12.0 Å². The van der Waals surface area contributed by atoms with Gasteiger partial charge in [-0.05, 0) is 12.8 Å². The number of carbonyl (C=O) groups is 2. The van der Waals surface area contributed by atoms with Crippen LogP contribution in [-0.4, -0.2) is 78.9 Å². The van der Waals surface area contributed by atoms with E-state index in [9.17, 15) is 9.59 Å². The molecule has 1 rings (SSSR count). The summed E-state index contributed by atoms with van der Waals surface area (Å²) in [5, 5.41) is 11.8. The van der Waals surface area contributed by atoms with Crippen LogP contribution in [0.1, 0.15) is 20.8 Å². The molecule has 2 amide bonds. The zero-order chi connectivity index (χ0) is 15.8. The number of carboxylic acids is 1. The van der Waals surface area contributed by atoms with Crippen molar-refractivity contribution in [1.82, 2.24) is 15.1 Å². The molecular formula is C14H27N3O4. The minimum atomic E-state index is -0.824. The number of hydrogen-bond donors (Lipinski definition) is 2. The molecule has 21 heavy (non-hydrogen) atoms. The van der Waals surface area contributed by atoms with Gasteiger partial charge in [-0.15, -0.1) is 0 Å². The molecule has 0 saturated carbocycles. The number of amides is 2. The summed E-state index contributed by atoms with van der Waals surface area (Å²) in [5.41, 5.74) is 0. The van der Waals surface area contributed by atoms with Crippen LogP contribution >= 0.6 is 0 Å². The molecular weight excluding hydrogens is 274 g/mol. The predicted octanol–water partition coefficient (Wildman–Crippen LogP) is 0.459. The molecule has 1 aliphatic heterocycles. The Kier molecular flexibility index (Phi) is 7.45. The van der Waals surface area contributed by atoms with Gasteiger partial charge in [-0.1, -0.05) is 13.8 Å². The topological polar surface area (TPSA) is 82.1 Å². The highest BCUT2D eigenvalue weighted by Gasteiger charge is 2.26. The summed E-state index contributed by atoms with van der Waals surface area (Å²) in [6.45, 7) is 9.82. The first-order chi connectivity index (χ1) is 9.91. The van der Waals surface area contributed by atoms with Gasteiger partial charge in [0.05, 0.1) is 6.61 Å². The Balaban J connectivity index is 2.18. The maximum Gasteiger partial charge on any atom is 0.320 e. The molecule has 0 aromatic carbocycles. The molecule has 7 heteroatoms. The van der Waals surface area contributed by atoms with E-state index in [1.807, 2.05) is 4.90 Å². The number of rotatable bonds is 7. The molecule has 1 fully saturated rings. The summed E-state index contributed by atoms with van der Waals surface area (Å²) in [7, 11) is 0. The largest absolute Gasteiger partial charge is 0.480 e. The van der Waals surface area contributed by atoms with Gasteiger partial charge < -0.3 is 20.1 Å². The van der Waals surface area contributed by atoms with E-state index in [1.54, 1.807) is 11.8 Å². The van der Waals surface area contributed by atoms with E-state index in [-0.39, 0.29) is 6.03 Å². The minimum absolute atomic E-state index is 0.106. The van der Waals surface area contributed by atoms with Crippen molar-refractivity contribution in [3.05, 3.63) is 0 Å². The number of piperazine rings is 1. The number of nitrogens with zero attached hydrogens (tertiary/aromatic N) is 2. The molecule has 0 aliphatic carbocycles. The van der Waals surface area contributed by atoms with Crippen molar-refractivity contribution in [2.45, 2.75) is 26.8 Å². The zero-order valence-electron chi connectivity index (χ0n) is 13.2. The Labute approximate surface area is 126 Å². The van der Waals surface area contributed by atoms with Gasteiger partial charge in [0.1, 0.15) is 6.04 Å². The van der Waals surface area contributed by atoms with Crippen LogP contribution in [0.5, 0.6) is 0 Å². The van der Waals surface area contributed by atoms with Crippen LogP contribution < -0.4 is 5.32 Å². The lowest BCUT2D eigenvalue weighted by atomic mass is 10.2. The van der Waals surface area contributed by atoms with Crippen LogP contribution in [0, 0.1) is 5.92 Å². The third-order valence-corrected chi connectivity index (χ3v) is 3.48. The summed E-state index contributed by atoms with van der Waals surface area (Å²) in [6.07, 6.45) is 0. The molecule has 0 bridgehead atoms. The van der Waals surface area contributed by atoms with Crippen molar-refractivity contribution in [3.63, 3.8) is 0 Å². The van der Waals surface area contributed by atoms with Gasteiger partial charge in [-0.25, -0.2) is 4.79 Å². The second kappa shape index (κ2) is 8.84. The van der Waals surface area contributed by atoms with E-state index < -0.39 is 12.0 Å². The third kappa shape index (κ3) is 6.31. The number of carboxylic acid groups (broad SMARTS) is 1. The first-order valence-electron chi connectivity index (χ1n) is 7.49. The second-order valence-corrected chi connectivity index (χ2v) is 5.74. The molecule has 0 aromatic rings. The number of aliphatic carboxylic acids is 1. The fraction of sp³-hybridized carbons (Fsp3) is 0.857. The molecule has 1 aliphatic rings. The molecule has 1 saturated heterocycles. The first kappa shape index (κ1) is 17.7. The number of nitrogens with one attached hydrogen (secondary N) is 1. The second-order valence-electron chi connectivity index (χ2n) is 5.74. The van der Waals surface area contributed by atoms with Crippen molar-refractivity contribution in [1.29, 1.82) is 0 Å². The van der Waals surface area contributed by atoms with Crippen LogP contribution in [0.15, 0.2) is 0 Å². The predicted molar refractivity (Wildman–Crippen MR) is 79.3 cm³/mol. The summed E-state index contributed by atoms with van der Waals surface area (Å²) >= 11 is 0. The van der Waals surface area contributed by atoms with Gasteiger partial charge in [0.2, 0.25) is 0 Å². The lowest BCUT2D eigenvalue weighted by molar-refractivity contribution is -0.143. The summed E-state index contributed by atoms with van der Waals surface area (Å²) in [6, 6.07) is -0.606. The first-order valence-corrected chi connectivity index (χ1v) is 7.49. The molecule has 1 heterocycles. The van der Waals surface area contributed by atoms with E-state index in [0.29, 0.717) is 51.9 Å². The van der Waals surface area contributed by atoms with E-state index in [0.717, 1.165) is 0 Å². The normalized spacial score (nSPS) is 17.8. The van der Waals surface area contributed by atoms with E-state index in [4.69, 9.17) is 9.84 Å². The highest BCUT2D eigenvalue weighted by atomic mass is 16.5. The van der Waals surface area contributed by atoms with Crippen LogP contribution in [0.25, 0.3) is 0 Å². The summed E-state index contributed by atoms with van der Waals surface area (Å²) < 4.78 is 5.40. The molecule has 1 atom stereocenters. The Morgan fingerprint density at radius 3 is 2.33 bits per heavy atom. The average molecular weight is 301 g/mol. The number of carbonyl (C=O) groups excluding carboxylic acids is 1. The lowest BCUT2D eigenvalue weighted by Crippen LogP contribution is -2.55. The SMILES string of the molecule is CC(C)COCCNC(=O)N1CCN(C(C)C(=O)O)CC1. The molecule has 0 spiro atoms. The molecule has 0 aromatic heterocycles. The summed E-state index contributed by atoms with van der Waals surface area (Å²) in [5.74, 6) is -0.333. The Bertz CT molecular complexity index is 341. The maximum absolute atomic E-state index is 11.9. The molecule has 7 nitrogen and oxygen atoms in total. The Hall–Kier alpha value is -1.34. The molecule has 1 unspecified atom stereocenters. The quantitative estimate of drug-likeness (QED) is 0.668. The van der Waals surface area contributed by atoms with E-state index in [1.165, 1.54) is 0 Å². The van der Waals surface area contributed by atoms with Crippen molar-refractivity contribution < 1.29 is 19.4 Å². The minimum Gasteiger partial charge on any atom is -0.480 e. The number of urea groups is 1. The molecule has 122 valence electrons. The van der Waals surface area contributed by atoms with Gasteiger partial charge in [0.15, 0.2) is 0 Å².